The van der Waals surface area contributed by atoms with Gasteiger partial charge in [-0.05, 0) is 38.0 Å². The first-order valence-electron chi connectivity index (χ1n) is 6.70. The van der Waals surface area contributed by atoms with Gasteiger partial charge < -0.3 is 5.73 Å². The van der Waals surface area contributed by atoms with Crippen LogP contribution in [0.4, 0.5) is 0 Å². The summed E-state index contributed by atoms with van der Waals surface area (Å²) in [5, 5.41) is 0. The average Bonchev–Trinajstić information content (AvgIpc) is 2.11. The van der Waals surface area contributed by atoms with Crippen molar-refractivity contribution in [3.63, 3.8) is 0 Å². The fourth-order valence-electron chi connectivity index (χ4n) is 2.79. The molecule has 1 nitrogen and oxygen atoms in total. The summed E-state index contributed by atoms with van der Waals surface area (Å²) in [5.41, 5.74) is 7.74. The maximum Gasteiger partial charge on any atom is 0.0104 e. The third kappa shape index (κ3) is 3.93. The first-order valence-corrected chi connectivity index (χ1v) is 6.70. The van der Waals surface area contributed by atoms with Crippen LogP contribution >= 0.6 is 0 Å². The quantitative estimate of drug-likeness (QED) is 0.639. The Hall–Kier alpha value is -0.300. The van der Waals surface area contributed by atoms with E-state index in [1.165, 1.54) is 5.57 Å². The van der Waals surface area contributed by atoms with Gasteiger partial charge in [0.15, 0.2) is 0 Å². The van der Waals surface area contributed by atoms with Gasteiger partial charge in [0.05, 0.1) is 0 Å². The van der Waals surface area contributed by atoms with Crippen molar-refractivity contribution in [2.24, 2.45) is 23.0 Å². The Kier molecular flexibility index (Phi) is 6.32. The Morgan fingerprint density at radius 3 is 1.88 bits per heavy atom. The van der Waals surface area contributed by atoms with E-state index in [1.54, 1.807) is 0 Å². The second kappa shape index (κ2) is 6.44. The van der Waals surface area contributed by atoms with Gasteiger partial charge in [-0.15, -0.1) is 0 Å². The normalized spacial score (nSPS) is 17.6. The van der Waals surface area contributed by atoms with Crippen molar-refractivity contribution in [1.29, 1.82) is 0 Å². The number of hydrogen-bond donors (Lipinski definition) is 1. The summed E-state index contributed by atoms with van der Waals surface area (Å²) in [5.74, 6) is 1.35. The largest absolute Gasteiger partial charge is 0.327 e. The van der Waals surface area contributed by atoms with E-state index in [4.69, 9.17) is 5.73 Å². The van der Waals surface area contributed by atoms with Gasteiger partial charge in [0, 0.05) is 11.5 Å². The van der Waals surface area contributed by atoms with Crippen LogP contribution in [0.2, 0.25) is 0 Å². The second-order valence-corrected chi connectivity index (χ2v) is 6.10. The predicted octanol–water partition coefficient (Wildman–Crippen LogP) is 4.38. The molecule has 96 valence electrons. The summed E-state index contributed by atoms with van der Waals surface area (Å²) >= 11 is 0. The highest BCUT2D eigenvalue weighted by Crippen LogP contribution is 2.42. The van der Waals surface area contributed by atoms with Crippen LogP contribution in [-0.2, 0) is 0 Å². The molecule has 0 aliphatic heterocycles. The highest BCUT2D eigenvalue weighted by molar-refractivity contribution is 5.14. The highest BCUT2D eigenvalue weighted by Gasteiger charge is 2.35. The van der Waals surface area contributed by atoms with Gasteiger partial charge in [-0.3, -0.25) is 0 Å². The molecular formula is C15H31N. The highest BCUT2D eigenvalue weighted by atomic mass is 14.7. The molecule has 0 aliphatic rings. The Labute approximate surface area is 102 Å². The fraction of sp³-hybridized carbons (Fsp3) is 0.867. The summed E-state index contributed by atoms with van der Waals surface area (Å²) < 4.78 is 0. The molecule has 0 aromatic carbocycles. The smallest absolute Gasteiger partial charge is 0.0104 e. The zero-order valence-electron chi connectivity index (χ0n) is 12.1. The topological polar surface area (TPSA) is 26.0 Å². The van der Waals surface area contributed by atoms with E-state index in [-0.39, 0.29) is 11.5 Å². The van der Waals surface area contributed by atoms with Crippen molar-refractivity contribution in [3.05, 3.63) is 12.2 Å². The van der Waals surface area contributed by atoms with Gasteiger partial charge in [0.2, 0.25) is 0 Å². The van der Waals surface area contributed by atoms with E-state index in [0.29, 0.717) is 11.8 Å². The lowest BCUT2D eigenvalue weighted by Gasteiger charge is -2.41. The molecule has 0 radical (unpaired) electrons. The Bertz CT molecular complexity index is 215. The minimum Gasteiger partial charge on any atom is -0.327 e. The molecule has 0 aliphatic carbocycles. The number of rotatable bonds is 7. The van der Waals surface area contributed by atoms with Crippen molar-refractivity contribution < 1.29 is 0 Å². The molecule has 1 heteroatoms. The Morgan fingerprint density at radius 1 is 1.12 bits per heavy atom. The zero-order valence-corrected chi connectivity index (χ0v) is 12.1. The summed E-state index contributed by atoms with van der Waals surface area (Å²) in [6, 6.07) is 0.200. The van der Waals surface area contributed by atoms with E-state index in [9.17, 15) is 0 Å². The molecule has 16 heavy (non-hydrogen) atoms. The first kappa shape index (κ1) is 15.7. The third-order valence-electron chi connectivity index (χ3n) is 3.63. The number of hydrogen-bond acceptors (Lipinski definition) is 1. The third-order valence-corrected chi connectivity index (χ3v) is 3.63. The molecule has 0 saturated carbocycles. The van der Waals surface area contributed by atoms with E-state index in [0.717, 1.165) is 19.3 Å². The summed E-state index contributed by atoms with van der Waals surface area (Å²) in [6.45, 7) is 17.8. The molecule has 0 bridgehead atoms. The minimum atomic E-state index is 0.137. The maximum absolute atomic E-state index is 6.25. The van der Waals surface area contributed by atoms with Gasteiger partial charge in [0.25, 0.3) is 0 Å². The van der Waals surface area contributed by atoms with Gasteiger partial charge >= 0.3 is 0 Å². The van der Waals surface area contributed by atoms with Crippen LogP contribution in [0, 0.1) is 17.3 Å². The van der Waals surface area contributed by atoms with Gasteiger partial charge in [0.1, 0.15) is 0 Å². The average molecular weight is 225 g/mol. The van der Waals surface area contributed by atoms with Crippen molar-refractivity contribution in [2.75, 3.05) is 0 Å². The lowest BCUT2D eigenvalue weighted by atomic mass is 9.66. The molecule has 2 N–H and O–H groups in total. The molecule has 0 aromatic rings. The fourth-order valence-corrected chi connectivity index (χ4v) is 2.79. The molecule has 2 atom stereocenters. The van der Waals surface area contributed by atoms with Crippen molar-refractivity contribution in [1.82, 2.24) is 0 Å². The molecule has 0 saturated heterocycles. The second-order valence-electron chi connectivity index (χ2n) is 6.10. The standard InChI is InChI=1S/C15H31N/c1-8-15(14(7)16,10-12(4)5)13(6)9-11(2)3/h11-12,14H,6,8-10,16H2,1-5,7H3. The van der Waals surface area contributed by atoms with Gasteiger partial charge in [-0.25, -0.2) is 0 Å². The van der Waals surface area contributed by atoms with Crippen LogP contribution in [0.5, 0.6) is 0 Å². The van der Waals surface area contributed by atoms with Crippen LogP contribution in [0.25, 0.3) is 0 Å². The lowest BCUT2D eigenvalue weighted by Crippen LogP contribution is -2.41. The summed E-state index contributed by atoms with van der Waals surface area (Å²) in [7, 11) is 0. The molecule has 0 fully saturated rings. The van der Waals surface area contributed by atoms with Crippen LogP contribution < -0.4 is 5.73 Å². The van der Waals surface area contributed by atoms with Gasteiger partial charge in [-0.1, -0.05) is 46.8 Å². The SMILES string of the molecule is C=C(CC(C)C)C(CC)(CC(C)C)C(C)N. The molecule has 0 rings (SSSR count). The van der Waals surface area contributed by atoms with E-state index in [2.05, 4.69) is 48.1 Å². The molecule has 0 heterocycles. The van der Waals surface area contributed by atoms with E-state index < -0.39 is 0 Å². The van der Waals surface area contributed by atoms with Crippen LogP contribution in [-0.4, -0.2) is 6.04 Å². The van der Waals surface area contributed by atoms with Crippen LogP contribution in [0.3, 0.4) is 0 Å². The molecular weight excluding hydrogens is 194 g/mol. The van der Waals surface area contributed by atoms with Gasteiger partial charge in [-0.2, -0.15) is 0 Å². The Balaban J connectivity index is 4.95. The summed E-state index contributed by atoms with van der Waals surface area (Å²) in [6.07, 6.45) is 3.36. The minimum absolute atomic E-state index is 0.137. The van der Waals surface area contributed by atoms with Crippen LogP contribution in [0.15, 0.2) is 12.2 Å². The lowest BCUT2D eigenvalue weighted by molar-refractivity contribution is 0.217. The van der Waals surface area contributed by atoms with E-state index in [1.807, 2.05) is 0 Å². The first-order chi connectivity index (χ1) is 7.26. The molecule has 2 unspecified atom stereocenters. The zero-order chi connectivity index (χ0) is 12.9. The summed E-state index contributed by atoms with van der Waals surface area (Å²) in [4.78, 5) is 0. The van der Waals surface area contributed by atoms with Crippen molar-refractivity contribution in [2.45, 2.75) is 66.8 Å². The van der Waals surface area contributed by atoms with Crippen LogP contribution in [0.1, 0.15) is 60.8 Å². The van der Waals surface area contributed by atoms with Crippen molar-refractivity contribution >= 4 is 0 Å². The number of nitrogens with two attached hydrogens (primary N) is 1. The van der Waals surface area contributed by atoms with E-state index >= 15 is 0 Å². The molecule has 0 spiro atoms. The molecule has 0 amide bonds. The monoisotopic (exact) mass is 225 g/mol. The molecule has 0 aromatic heterocycles. The predicted molar refractivity (Wildman–Crippen MR) is 74.4 cm³/mol. The Morgan fingerprint density at radius 2 is 1.62 bits per heavy atom. The van der Waals surface area contributed by atoms with Crippen molar-refractivity contribution in [3.8, 4) is 0 Å². The maximum atomic E-state index is 6.25.